The normalized spacial score (nSPS) is 13.1. The molecule has 0 radical (unpaired) electrons. The molecule has 0 aromatic heterocycles. The standard InChI is InChI=1S/C21H23ClFNO4/c1-3-26-19-9-14-7-8-24(12-15(14)10-20(19)27-4-2)21(25)13-28-18-6-5-16(23)11-17(18)22/h5-6,9-11H,3-4,7-8,12-13H2,1-2H3. The molecule has 3 rings (SSSR count). The Morgan fingerprint density at radius 3 is 2.36 bits per heavy atom. The van der Waals surface area contributed by atoms with Crippen LogP contribution in [0, 0.1) is 5.82 Å². The molecule has 5 nitrogen and oxygen atoms in total. The van der Waals surface area contributed by atoms with Crippen molar-refractivity contribution in [2.24, 2.45) is 0 Å². The minimum atomic E-state index is -0.451. The molecule has 0 atom stereocenters. The molecule has 0 saturated heterocycles. The minimum absolute atomic E-state index is 0.140. The molecular formula is C21H23ClFNO4. The van der Waals surface area contributed by atoms with E-state index in [1.807, 2.05) is 26.0 Å². The van der Waals surface area contributed by atoms with Crippen molar-refractivity contribution < 1.29 is 23.4 Å². The zero-order chi connectivity index (χ0) is 20.1. The first-order chi connectivity index (χ1) is 13.5. The summed E-state index contributed by atoms with van der Waals surface area (Å²) in [5.41, 5.74) is 2.18. The summed E-state index contributed by atoms with van der Waals surface area (Å²) in [5.74, 6) is 1.10. The van der Waals surface area contributed by atoms with E-state index in [4.69, 9.17) is 25.8 Å². The molecule has 2 aromatic carbocycles. The monoisotopic (exact) mass is 407 g/mol. The zero-order valence-corrected chi connectivity index (χ0v) is 16.7. The van der Waals surface area contributed by atoms with Crippen molar-refractivity contribution in [3.8, 4) is 17.2 Å². The predicted molar refractivity (Wildman–Crippen MR) is 105 cm³/mol. The number of rotatable bonds is 7. The van der Waals surface area contributed by atoms with Crippen LogP contribution in [0.4, 0.5) is 4.39 Å². The molecule has 150 valence electrons. The summed E-state index contributed by atoms with van der Waals surface area (Å²) in [6.45, 7) is 5.86. The number of amides is 1. The third-order valence-electron chi connectivity index (χ3n) is 4.48. The van der Waals surface area contributed by atoms with Gasteiger partial charge in [0.25, 0.3) is 5.91 Å². The number of carbonyl (C=O) groups excluding carboxylic acids is 1. The van der Waals surface area contributed by atoms with Crippen molar-refractivity contribution in [1.82, 2.24) is 4.90 Å². The highest BCUT2D eigenvalue weighted by atomic mass is 35.5. The van der Waals surface area contributed by atoms with Crippen LogP contribution in [0.25, 0.3) is 0 Å². The molecular weight excluding hydrogens is 385 g/mol. The van der Waals surface area contributed by atoms with E-state index in [0.717, 1.165) is 29.4 Å². The third-order valence-corrected chi connectivity index (χ3v) is 4.77. The van der Waals surface area contributed by atoms with Gasteiger partial charge in [-0.15, -0.1) is 0 Å². The lowest BCUT2D eigenvalue weighted by Crippen LogP contribution is -2.38. The van der Waals surface area contributed by atoms with E-state index in [9.17, 15) is 9.18 Å². The van der Waals surface area contributed by atoms with Crippen LogP contribution in [-0.2, 0) is 17.8 Å². The number of benzene rings is 2. The molecule has 1 aliphatic rings. The van der Waals surface area contributed by atoms with E-state index in [1.165, 1.54) is 12.1 Å². The first-order valence-electron chi connectivity index (χ1n) is 9.28. The molecule has 0 fully saturated rings. The van der Waals surface area contributed by atoms with E-state index in [2.05, 4.69) is 0 Å². The Hall–Kier alpha value is -2.47. The zero-order valence-electron chi connectivity index (χ0n) is 16.0. The molecule has 7 heteroatoms. The highest BCUT2D eigenvalue weighted by Crippen LogP contribution is 2.34. The second-order valence-corrected chi connectivity index (χ2v) is 6.77. The largest absolute Gasteiger partial charge is 0.490 e. The Morgan fingerprint density at radius 2 is 1.71 bits per heavy atom. The molecule has 1 aliphatic heterocycles. The minimum Gasteiger partial charge on any atom is -0.490 e. The van der Waals surface area contributed by atoms with Crippen LogP contribution in [0.1, 0.15) is 25.0 Å². The fourth-order valence-corrected chi connectivity index (χ4v) is 3.36. The number of nitrogens with zero attached hydrogens (tertiary/aromatic N) is 1. The van der Waals surface area contributed by atoms with Gasteiger partial charge in [0.1, 0.15) is 11.6 Å². The van der Waals surface area contributed by atoms with Crippen LogP contribution in [0.5, 0.6) is 17.2 Å². The van der Waals surface area contributed by atoms with Gasteiger partial charge in [-0.1, -0.05) is 11.6 Å². The lowest BCUT2D eigenvalue weighted by atomic mass is 9.98. The van der Waals surface area contributed by atoms with Gasteiger partial charge >= 0.3 is 0 Å². The maximum Gasteiger partial charge on any atom is 0.260 e. The van der Waals surface area contributed by atoms with Crippen molar-refractivity contribution in [3.05, 3.63) is 52.3 Å². The van der Waals surface area contributed by atoms with Crippen LogP contribution in [0.3, 0.4) is 0 Å². The molecule has 0 aliphatic carbocycles. The van der Waals surface area contributed by atoms with Crippen LogP contribution in [0.15, 0.2) is 30.3 Å². The molecule has 28 heavy (non-hydrogen) atoms. The Morgan fingerprint density at radius 1 is 1.04 bits per heavy atom. The van der Waals surface area contributed by atoms with Gasteiger partial charge in [-0.3, -0.25) is 4.79 Å². The number of carbonyl (C=O) groups is 1. The van der Waals surface area contributed by atoms with Crippen molar-refractivity contribution >= 4 is 17.5 Å². The number of hydrogen-bond acceptors (Lipinski definition) is 4. The Kier molecular flexibility index (Phi) is 6.62. The van der Waals surface area contributed by atoms with E-state index in [0.29, 0.717) is 32.1 Å². The average Bonchev–Trinajstić information content (AvgIpc) is 2.67. The molecule has 0 bridgehead atoms. The SMILES string of the molecule is CCOc1cc2c(cc1OCC)CN(C(=O)COc1ccc(F)cc1Cl)CC2. The van der Waals surface area contributed by atoms with Gasteiger partial charge in [-0.05, 0) is 61.7 Å². The second-order valence-electron chi connectivity index (χ2n) is 6.36. The van der Waals surface area contributed by atoms with Gasteiger partial charge in [-0.2, -0.15) is 0 Å². The van der Waals surface area contributed by atoms with Crippen LogP contribution in [0.2, 0.25) is 5.02 Å². The van der Waals surface area contributed by atoms with Crippen molar-refractivity contribution in [3.63, 3.8) is 0 Å². The first kappa shape index (κ1) is 20.3. The molecule has 0 spiro atoms. The Bertz CT molecular complexity index is 859. The van der Waals surface area contributed by atoms with Gasteiger partial charge in [-0.25, -0.2) is 4.39 Å². The van der Waals surface area contributed by atoms with Gasteiger partial charge in [0.2, 0.25) is 0 Å². The molecule has 1 heterocycles. The first-order valence-corrected chi connectivity index (χ1v) is 9.66. The predicted octanol–water partition coefficient (Wildman–Crippen LogP) is 4.24. The fourth-order valence-electron chi connectivity index (χ4n) is 3.14. The summed E-state index contributed by atoms with van der Waals surface area (Å²) >= 11 is 5.94. The lowest BCUT2D eigenvalue weighted by molar-refractivity contribution is -0.134. The van der Waals surface area contributed by atoms with Crippen LogP contribution in [-0.4, -0.2) is 37.2 Å². The Labute approximate surface area is 168 Å². The molecule has 0 unspecified atom stereocenters. The third kappa shape index (κ3) is 4.68. The maximum absolute atomic E-state index is 13.1. The molecule has 0 saturated carbocycles. The molecule has 1 amide bonds. The molecule has 0 N–H and O–H groups in total. The van der Waals surface area contributed by atoms with E-state index in [-0.39, 0.29) is 23.3 Å². The topological polar surface area (TPSA) is 48.0 Å². The number of fused-ring (bicyclic) bond motifs is 1. The summed E-state index contributed by atoms with van der Waals surface area (Å²) < 4.78 is 29.9. The van der Waals surface area contributed by atoms with E-state index >= 15 is 0 Å². The average molecular weight is 408 g/mol. The van der Waals surface area contributed by atoms with Crippen molar-refractivity contribution in [1.29, 1.82) is 0 Å². The number of ether oxygens (including phenoxy) is 3. The summed E-state index contributed by atoms with van der Waals surface area (Å²) in [6.07, 6.45) is 0.727. The van der Waals surface area contributed by atoms with Gasteiger partial charge in [0.05, 0.1) is 18.2 Å². The lowest BCUT2D eigenvalue weighted by Gasteiger charge is -2.30. The summed E-state index contributed by atoms with van der Waals surface area (Å²) in [5, 5.41) is 0.140. The summed E-state index contributed by atoms with van der Waals surface area (Å²) in [6, 6.07) is 7.76. The number of halogens is 2. The Balaban J connectivity index is 1.68. The quantitative estimate of drug-likeness (QED) is 0.688. The van der Waals surface area contributed by atoms with Crippen molar-refractivity contribution in [2.75, 3.05) is 26.4 Å². The van der Waals surface area contributed by atoms with Crippen LogP contribution < -0.4 is 14.2 Å². The second kappa shape index (κ2) is 9.15. The summed E-state index contributed by atoms with van der Waals surface area (Å²) in [4.78, 5) is 14.3. The van der Waals surface area contributed by atoms with Crippen molar-refractivity contribution in [2.45, 2.75) is 26.8 Å². The smallest absolute Gasteiger partial charge is 0.260 e. The van der Waals surface area contributed by atoms with Gasteiger partial charge in [0, 0.05) is 13.1 Å². The highest BCUT2D eigenvalue weighted by molar-refractivity contribution is 6.32. The maximum atomic E-state index is 13.1. The van der Waals surface area contributed by atoms with Crippen LogP contribution >= 0.6 is 11.6 Å². The van der Waals surface area contributed by atoms with Gasteiger partial charge in [0.15, 0.2) is 18.1 Å². The number of hydrogen-bond donors (Lipinski definition) is 0. The van der Waals surface area contributed by atoms with E-state index < -0.39 is 5.82 Å². The fraction of sp³-hybridized carbons (Fsp3) is 0.381. The van der Waals surface area contributed by atoms with Gasteiger partial charge < -0.3 is 19.1 Å². The highest BCUT2D eigenvalue weighted by Gasteiger charge is 2.23. The van der Waals surface area contributed by atoms with E-state index in [1.54, 1.807) is 4.90 Å². The molecule has 2 aromatic rings. The summed E-state index contributed by atoms with van der Waals surface area (Å²) in [7, 11) is 0.